The molecule has 8 nitrogen and oxygen atoms in total. The molecule has 2 heterocycles. The number of hydrogen-bond donors (Lipinski definition) is 0. The molecule has 3 aromatic carbocycles. The Bertz CT molecular complexity index is 1610. The Morgan fingerprint density at radius 2 is 1.69 bits per heavy atom. The Labute approximate surface area is 201 Å². The fourth-order valence-electron chi connectivity index (χ4n) is 3.78. The first-order valence-electron chi connectivity index (χ1n) is 10.5. The molecule has 0 aliphatic carbocycles. The summed E-state index contributed by atoms with van der Waals surface area (Å²) in [7, 11) is -2.16. The van der Waals surface area contributed by atoms with Crippen LogP contribution in [0.5, 0.6) is 0 Å². The summed E-state index contributed by atoms with van der Waals surface area (Å²) in [4.78, 5) is 25.7. The lowest BCUT2D eigenvalue weighted by Gasteiger charge is -2.24. The quantitative estimate of drug-likeness (QED) is 0.228. The molecule has 174 valence electrons. The van der Waals surface area contributed by atoms with E-state index < -0.39 is 9.84 Å². The van der Waals surface area contributed by atoms with Gasteiger partial charge in [0.15, 0.2) is 12.0 Å². The van der Waals surface area contributed by atoms with E-state index in [9.17, 15) is 13.2 Å². The summed E-state index contributed by atoms with van der Waals surface area (Å²) in [5, 5.41) is 2.31. The third kappa shape index (κ3) is 4.18. The SMILES string of the molecule is CON(c1ccc(S(=O)(=O)c2ccccc2)cc1)c1cc2ncncc2cc1-c1ccc(C=O)o1. The van der Waals surface area contributed by atoms with Gasteiger partial charge in [0.1, 0.15) is 12.1 Å². The summed E-state index contributed by atoms with van der Waals surface area (Å²) < 4.78 is 31.6. The van der Waals surface area contributed by atoms with Crippen molar-refractivity contribution in [1.82, 2.24) is 9.97 Å². The van der Waals surface area contributed by atoms with E-state index in [2.05, 4.69) is 9.97 Å². The first kappa shape index (κ1) is 22.5. The van der Waals surface area contributed by atoms with Crippen molar-refractivity contribution in [1.29, 1.82) is 0 Å². The molecule has 0 fully saturated rings. The van der Waals surface area contributed by atoms with E-state index in [0.29, 0.717) is 34.5 Å². The van der Waals surface area contributed by atoms with Crippen LogP contribution in [-0.4, -0.2) is 31.8 Å². The standard InChI is InChI=1S/C26H19N3O5S/c1-33-29(19-7-10-22(11-8-19)35(31,32)21-5-3-2-4-6-21)25-14-24-18(15-27-17-28-24)13-23(25)26-12-9-20(16-30)34-26/h2-17H,1H3. The summed E-state index contributed by atoms with van der Waals surface area (Å²) in [6.45, 7) is 0. The van der Waals surface area contributed by atoms with Crippen molar-refractivity contribution in [3.05, 3.63) is 97.1 Å². The second kappa shape index (κ2) is 9.13. The number of rotatable bonds is 7. The second-order valence-electron chi connectivity index (χ2n) is 7.56. The Morgan fingerprint density at radius 1 is 0.943 bits per heavy atom. The van der Waals surface area contributed by atoms with E-state index in [4.69, 9.17) is 9.25 Å². The van der Waals surface area contributed by atoms with Gasteiger partial charge in [-0.3, -0.25) is 9.63 Å². The molecule has 0 amide bonds. The first-order valence-corrected chi connectivity index (χ1v) is 12.0. The molecule has 35 heavy (non-hydrogen) atoms. The molecule has 0 saturated heterocycles. The molecule has 9 heteroatoms. The highest BCUT2D eigenvalue weighted by Gasteiger charge is 2.21. The van der Waals surface area contributed by atoms with Crippen LogP contribution < -0.4 is 5.06 Å². The molecule has 0 aliphatic heterocycles. The second-order valence-corrected chi connectivity index (χ2v) is 9.51. The Hall–Kier alpha value is -4.34. The number of furan rings is 1. The summed E-state index contributed by atoms with van der Waals surface area (Å²) in [6, 6.07) is 21.6. The molecular formula is C26H19N3O5S. The fraction of sp³-hybridized carbons (Fsp3) is 0.0385. The van der Waals surface area contributed by atoms with Gasteiger partial charge in [-0.15, -0.1) is 0 Å². The van der Waals surface area contributed by atoms with Gasteiger partial charge in [-0.1, -0.05) is 18.2 Å². The molecule has 2 aromatic heterocycles. The minimum atomic E-state index is -3.66. The maximum Gasteiger partial charge on any atom is 0.206 e. The van der Waals surface area contributed by atoms with Crippen molar-refractivity contribution in [2.45, 2.75) is 9.79 Å². The number of sulfone groups is 1. The van der Waals surface area contributed by atoms with Gasteiger partial charge in [0, 0.05) is 17.1 Å². The Morgan fingerprint density at radius 3 is 2.37 bits per heavy atom. The van der Waals surface area contributed by atoms with E-state index in [0.717, 1.165) is 5.39 Å². The lowest BCUT2D eigenvalue weighted by molar-refractivity contribution is 0.110. The maximum atomic E-state index is 13.0. The third-order valence-electron chi connectivity index (χ3n) is 5.47. The molecule has 5 rings (SSSR count). The lowest BCUT2D eigenvalue weighted by atomic mass is 10.1. The highest BCUT2D eigenvalue weighted by Crippen LogP contribution is 2.39. The van der Waals surface area contributed by atoms with Gasteiger partial charge >= 0.3 is 0 Å². The largest absolute Gasteiger partial charge is 0.453 e. The van der Waals surface area contributed by atoms with E-state index in [1.165, 1.54) is 25.6 Å². The van der Waals surface area contributed by atoms with Crippen molar-refractivity contribution in [2.24, 2.45) is 0 Å². The molecule has 0 saturated carbocycles. The van der Waals surface area contributed by atoms with Gasteiger partial charge in [-0.2, -0.15) is 0 Å². The van der Waals surface area contributed by atoms with E-state index in [-0.39, 0.29) is 15.6 Å². The van der Waals surface area contributed by atoms with Gasteiger partial charge in [-0.05, 0) is 60.7 Å². The van der Waals surface area contributed by atoms with Gasteiger partial charge in [0.05, 0.1) is 33.8 Å². The van der Waals surface area contributed by atoms with Crippen LogP contribution in [0.15, 0.2) is 106 Å². The number of carbonyl (C=O) groups is 1. The minimum Gasteiger partial charge on any atom is -0.453 e. The number of hydrogen-bond acceptors (Lipinski definition) is 8. The Balaban J connectivity index is 1.60. The van der Waals surface area contributed by atoms with E-state index in [1.54, 1.807) is 65.9 Å². The number of aromatic nitrogens is 2. The normalized spacial score (nSPS) is 11.5. The zero-order chi connectivity index (χ0) is 24.4. The smallest absolute Gasteiger partial charge is 0.206 e. The number of nitrogens with zero attached hydrogens (tertiary/aromatic N) is 3. The summed E-state index contributed by atoms with van der Waals surface area (Å²) in [6.07, 6.45) is 3.76. The third-order valence-corrected chi connectivity index (χ3v) is 7.25. The lowest BCUT2D eigenvalue weighted by Crippen LogP contribution is -2.16. The van der Waals surface area contributed by atoms with Crippen LogP contribution in [-0.2, 0) is 14.7 Å². The van der Waals surface area contributed by atoms with Crippen molar-refractivity contribution < 1.29 is 22.5 Å². The average molecular weight is 486 g/mol. The van der Waals surface area contributed by atoms with Gasteiger partial charge in [0.25, 0.3) is 0 Å². The average Bonchev–Trinajstić information content (AvgIpc) is 3.39. The molecule has 0 unspecified atom stereocenters. The topological polar surface area (TPSA) is 103 Å². The van der Waals surface area contributed by atoms with Crippen LogP contribution in [0.1, 0.15) is 10.6 Å². The number of aldehydes is 1. The van der Waals surface area contributed by atoms with Crippen molar-refractivity contribution in [3.8, 4) is 11.3 Å². The monoisotopic (exact) mass is 485 g/mol. The molecule has 0 bridgehead atoms. The van der Waals surface area contributed by atoms with Gasteiger partial charge < -0.3 is 4.42 Å². The van der Waals surface area contributed by atoms with Crippen LogP contribution >= 0.6 is 0 Å². The predicted molar refractivity (Wildman–Crippen MR) is 130 cm³/mol. The van der Waals surface area contributed by atoms with Crippen molar-refractivity contribution >= 4 is 38.4 Å². The van der Waals surface area contributed by atoms with E-state index in [1.807, 2.05) is 12.1 Å². The van der Waals surface area contributed by atoms with Gasteiger partial charge in [0.2, 0.25) is 9.84 Å². The van der Waals surface area contributed by atoms with E-state index >= 15 is 0 Å². The van der Waals surface area contributed by atoms with Crippen LogP contribution in [0.25, 0.3) is 22.2 Å². The van der Waals surface area contributed by atoms with Crippen LogP contribution in [0, 0.1) is 0 Å². The molecule has 0 atom stereocenters. The number of carbonyl (C=O) groups excluding carboxylic acids is 1. The number of benzene rings is 3. The fourth-order valence-corrected chi connectivity index (χ4v) is 5.07. The highest BCUT2D eigenvalue weighted by atomic mass is 32.2. The Kier molecular flexibility index (Phi) is 5.86. The first-order chi connectivity index (χ1) is 17.0. The van der Waals surface area contributed by atoms with Crippen LogP contribution in [0.3, 0.4) is 0 Å². The zero-order valence-corrected chi connectivity index (χ0v) is 19.3. The summed E-state index contributed by atoms with van der Waals surface area (Å²) >= 11 is 0. The van der Waals surface area contributed by atoms with Crippen LogP contribution in [0.4, 0.5) is 11.4 Å². The highest BCUT2D eigenvalue weighted by molar-refractivity contribution is 7.91. The van der Waals surface area contributed by atoms with Crippen molar-refractivity contribution in [3.63, 3.8) is 0 Å². The summed E-state index contributed by atoms with van der Waals surface area (Å²) in [5.41, 5.74) is 2.48. The predicted octanol–water partition coefficient (Wildman–Crippen LogP) is 5.23. The van der Waals surface area contributed by atoms with Gasteiger partial charge in [-0.25, -0.2) is 23.4 Å². The maximum absolute atomic E-state index is 13.0. The zero-order valence-electron chi connectivity index (χ0n) is 18.5. The number of fused-ring (bicyclic) bond motifs is 1. The van der Waals surface area contributed by atoms with Crippen LogP contribution in [0.2, 0.25) is 0 Å². The molecule has 0 spiro atoms. The minimum absolute atomic E-state index is 0.164. The molecule has 0 aliphatic rings. The summed E-state index contributed by atoms with van der Waals surface area (Å²) in [5.74, 6) is 0.646. The van der Waals surface area contributed by atoms with Crippen molar-refractivity contribution in [2.75, 3.05) is 12.2 Å². The molecule has 0 radical (unpaired) electrons. The molecule has 5 aromatic rings. The number of anilines is 2. The molecular weight excluding hydrogens is 466 g/mol. The molecule has 0 N–H and O–H groups in total.